The van der Waals surface area contributed by atoms with Gasteiger partial charge >= 0.3 is 11.9 Å². The van der Waals surface area contributed by atoms with Gasteiger partial charge in [-0.2, -0.15) is 57.7 Å². The molecule has 354 valence electrons. The van der Waals surface area contributed by atoms with Gasteiger partial charge in [0.05, 0.1) is 45.3 Å². The van der Waals surface area contributed by atoms with E-state index < -0.39 is 53.0 Å². The second kappa shape index (κ2) is 21.5. The van der Waals surface area contributed by atoms with Crippen molar-refractivity contribution in [2.45, 2.75) is 67.8 Å². The largest absolute Gasteiger partial charge is 0.478 e. The third kappa shape index (κ3) is 12.8. The van der Waals surface area contributed by atoms with Gasteiger partial charge in [-0.05, 0) is 152 Å². The number of aromatic carboxylic acids is 2. The van der Waals surface area contributed by atoms with Crippen LogP contribution >= 0.6 is 0 Å². The first kappa shape index (κ1) is 50.6. The SMILES string of the molecule is CCC(C)(N=Nc1ccc(N=Nc2ccc(C(=O)O)cc2)cc1)c1ccc(C=Cc2ccc(N=NC(CC)(CC)c3ccc(N=Nc4ccc(C(=O)O)cc4)cc3)cc2S(=O)(=O)O)c(S(=O)(=O)O)c1. The molecule has 0 radical (unpaired) electrons. The number of carbonyl (C=O) groups is 2. The summed E-state index contributed by atoms with van der Waals surface area (Å²) >= 11 is 0. The van der Waals surface area contributed by atoms with Gasteiger partial charge in [0.2, 0.25) is 0 Å². The molecular weight excluding hydrogens is 925 g/mol. The molecule has 0 amide bonds. The molecule has 4 N–H and O–H groups in total. The molecule has 0 aliphatic heterocycles. The van der Waals surface area contributed by atoms with Crippen molar-refractivity contribution in [1.29, 1.82) is 0 Å². The van der Waals surface area contributed by atoms with Crippen LogP contribution in [0.1, 0.15) is 89.9 Å². The van der Waals surface area contributed by atoms with E-state index in [-0.39, 0.29) is 27.9 Å². The molecule has 69 heavy (non-hydrogen) atoms. The topological polar surface area (TPSA) is 282 Å². The van der Waals surface area contributed by atoms with Crippen LogP contribution in [0.4, 0.5) is 34.1 Å². The number of azo groups is 4. The molecule has 6 aromatic rings. The van der Waals surface area contributed by atoms with Crippen LogP contribution in [0.5, 0.6) is 0 Å². The number of rotatable bonds is 19. The molecule has 0 aromatic heterocycles. The third-order valence-corrected chi connectivity index (χ3v) is 13.1. The van der Waals surface area contributed by atoms with Gasteiger partial charge < -0.3 is 10.2 Å². The first-order valence-electron chi connectivity index (χ1n) is 21.2. The summed E-state index contributed by atoms with van der Waals surface area (Å²) in [5.74, 6) is -2.09. The Labute approximate surface area is 398 Å². The molecule has 6 rings (SSSR count). The fourth-order valence-electron chi connectivity index (χ4n) is 6.86. The summed E-state index contributed by atoms with van der Waals surface area (Å²) in [5.41, 5.74) is 2.14. The number of carboxylic acids is 2. The van der Waals surface area contributed by atoms with Crippen LogP contribution in [-0.2, 0) is 31.3 Å². The molecule has 0 bridgehead atoms. The lowest BCUT2D eigenvalue weighted by molar-refractivity contribution is 0.0686. The molecular formula is C49H46N8O10S2. The summed E-state index contributed by atoms with van der Waals surface area (Å²) in [6.45, 7) is 7.44. The number of hydrogen-bond acceptors (Lipinski definition) is 14. The fraction of sp³-hybridized carbons (Fsp3) is 0.184. The zero-order valence-corrected chi connectivity index (χ0v) is 39.2. The van der Waals surface area contributed by atoms with E-state index in [2.05, 4.69) is 40.9 Å². The lowest BCUT2D eigenvalue weighted by atomic mass is 9.85. The summed E-state index contributed by atoms with van der Waals surface area (Å²) in [4.78, 5) is 21.2. The third-order valence-electron chi connectivity index (χ3n) is 11.3. The van der Waals surface area contributed by atoms with Crippen LogP contribution in [0.2, 0.25) is 0 Å². The standard InChI is InChI=1S/C49H46N8O10S2/c1-5-48(4,56-54-42-28-26-41(27-29-42)53-51-39-21-14-35(15-22-39)47(60)61)37-16-10-32(44(30-37)68(62,63)64)8-9-33-11-23-43(31-45(33)69(65,66)67)55-57-49(6-2,7-3)36-17-24-40(25-18-36)52-50-38-19-12-34(13-20-38)46(58)59/h8-31H,5-7H2,1-4H3,(H,58,59)(H,60,61)(H,62,63,64)(H,65,66,67). The predicted molar refractivity (Wildman–Crippen MR) is 258 cm³/mol. The maximum atomic E-state index is 12.8. The molecule has 0 fully saturated rings. The summed E-state index contributed by atoms with van der Waals surface area (Å²) in [6, 6.07) is 34.0. The van der Waals surface area contributed by atoms with Crippen molar-refractivity contribution in [3.05, 3.63) is 167 Å². The van der Waals surface area contributed by atoms with Gasteiger partial charge in [0.15, 0.2) is 0 Å². The van der Waals surface area contributed by atoms with E-state index in [0.717, 1.165) is 11.6 Å². The van der Waals surface area contributed by atoms with E-state index in [1.165, 1.54) is 72.8 Å². The Bertz CT molecular complexity index is 3230. The van der Waals surface area contributed by atoms with Crippen LogP contribution < -0.4 is 0 Å². The summed E-state index contributed by atoms with van der Waals surface area (Å²) < 4.78 is 71.6. The van der Waals surface area contributed by atoms with Crippen molar-refractivity contribution in [2.24, 2.45) is 40.9 Å². The molecule has 0 aliphatic rings. The molecule has 0 spiro atoms. The van der Waals surface area contributed by atoms with Crippen molar-refractivity contribution in [2.75, 3.05) is 0 Å². The second-order valence-electron chi connectivity index (χ2n) is 15.7. The Morgan fingerprint density at radius 1 is 0.464 bits per heavy atom. The van der Waals surface area contributed by atoms with Gasteiger partial charge in [-0.1, -0.05) is 63.3 Å². The van der Waals surface area contributed by atoms with Crippen molar-refractivity contribution in [3.8, 4) is 0 Å². The summed E-state index contributed by atoms with van der Waals surface area (Å²) in [5, 5.41) is 52.8. The van der Waals surface area contributed by atoms with E-state index in [1.807, 2.05) is 32.9 Å². The summed E-state index contributed by atoms with van der Waals surface area (Å²) in [7, 11) is -9.69. The van der Waals surface area contributed by atoms with Crippen LogP contribution in [0.25, 0.3) is 12.2 Å². The first-order valence-corrected chi connectivity index (χ1v) is 24.1. The predicted octanol–water partition coefficient (Wildman–Crippen LogP) is 13.8. The van der Waals surface area contributed by atoms with E-state index in [0.29, 0.717) is 53.3 Å². The number of hydrogen-bond donors (Lipinski definition) is 4. The second-order valence-corrected chi connectivity index (χ2v) is 18.5. The highest BCUT2D eigenvalue weighted by Crippen LogP contribution is 2.38. The zero-order chi connectivity index (χ0) is 50.0. The lowest BCUT2D eigenvalue weighted by Crippen LogP contribution is -2.20. The fourth-order valence-corrected chi connectivity index (χ4v) is 8.28. The average molecular weight is 971 g/mol. The minimum absolute atomic E-state index is 0.00396. The van der Waals surface area contributed by atoms with Gasteiger partial charge in [0.25, 0.3) is 20.2 Å². The molecule has 20 heteroatoms. The van der Waals surface area contributed by atoms with E-state index in [4.69, 9.17) is 10.2 Å². The monoisotopic (exact) mass is 970 g/mol. The van der Waals surface area contributed by atoms with Crippen molar-refractivity contribution in [3.63, 3.8) is 0 Å². The van der Waals surface area contributed by atoms with Crippen LogP contribution in [0.15, 0.2) is 184 Å². The summed E-state index contributed by atoms with van der Waals surface area (Å²) in [6.07, 6.45) is 3.99. The highest BCUT2D eigenvalue weighted by Gasteiger charge is 2.29. The van der Waals surface area contributed by atoms with Crippen molar-refractivity contribution < 1.29 is 45.7 Å². The van der Waals surface area contributed by atoms with Crippen molar-refractivity contribution in [1.82, 2.24) is 0 Å². The Morgan fingerprint density at radius 3 is 1.22 bits per heavy atom. The van der Waals surface area contributed by atoms with Crippen LogP contribution in [0.3, 0.4) is 0 Å². The Kier molecular flexibility index (Phi) is 15.7. The van der Waals surface area contributed by atoms with Gasteiger partial charge in [0.1, 0.15) is 20.9 Å². The molecule has 0 aliphatic carbocycles. The van der Waals surface area contributed by atoms with Gasteiger partial charge in [-0.3, -0.25) is 9.11 Å². The molecule has 0 saturated carbocycles. The first-order chi connectivity index (χ1) is 32.8. The highest BCUT2D eigenvalue weighted by molar-refractivity contribution is 7.86. The molecule has 18 nitrogen and oxygen atoms in total. The minimum Gasteiger partial charge on any atom is -0.478 e. The number of benzene rings is 6. The maximum Gasteiger partial charge on any atom is 0.335 e. The number of carboxylic acid groups (broad SMARTS) is 2. The quantitative estimate of drug-likeness (QED) is 0.0338. The molecule has 0 heterocycles. The van der Waals surface area contributed by atoms with Crippen molar-refractivity contribution >= 4 is 78.5 Å². The van der Waals surface area contributed by atoms with E-state index in [1.54, 1.807) is 61.5 Å². The Morgan fingerprint density at radius 2 is 0.812 bits per heavy atom. The number of nitrogens with zero attached hydrogens (tertiary/aromatic N) is 8. The van der Waals surface area contributed by atoms with E-state index in [9.17, 15) is 35.5 Å². The maximum absolute atomic E-state index is 12.8. The van der Waals surface area contributed by atoms with E-state index >= 15 is 0 Å². The van der Waals surface area contributed by atoms with Gasteiger partial charge in [0, 0.05) is 0 Å². The van der Waals surface area contributed by atoms with Gasteiger partial charge in [-0.15, -0.1) is 0 Å². The van der Waals surface area contributed by atoms with Crippen LogP contribution in [-0.4, -0.2) is 48.1 Å². The average Bonchev–Trinajstić information content (AvgIpc) is 3.34. The Balaban J connectivity index is 1.20. The molecule has 1 atom stereocenters. The minimum atomic E-state index is -4.85. The lowest BCUT2D eigenvalue weighted by Gasteiger charge is -2.26. The molecule has 6 aromatic carbocycles. The molecule has 0 saturated heterocycles. The smallest absolute Gasteiger partial charge is 0.335 e. The molecule has 1 unspecified atom stereocenters. The normalized spacial score (nSPS) is 13.5. The highest BCUT2D eigenvalue weighted by atomic mass is 32.2. The zero-order valence-electron chi connectivity index (χ0n) is 37.6. The van der Waals surface area contributed by atoms with Crippen LogP contribution in [0, 0.1) is 0 Å². The Hall–Kier alpha value is -7.78. The van der Waals surface area contributed by atoms with Gasteiger partial charge in [-0.25, -0.2) is 9.59 Å².